The van der Waals surface area contributed by atoms with Gasteiger partial charge in [0.15, 0.2) is 0 Å². The fourth-order valence-corrected chi connectivity index (χ4v) is 4.91. The van der Waals surface area contributed by atoms with Crippen LogP contribution in [0.2, 0.25) is 0 Å². The van der Waals surface area contributed by atoms with Crippen LogP contribution in [0, 0.1) is 0 Å². The first-order valence-corrected chi connectivity index (χ1v) is 9.70. The van der Waals surface area contributed by atoms with Gasteiger partial charge in [-0.2, -0.15) is 0 Å². The van der Waals surface area contributed by atoms with E-state index in [1.165, 1.54) is 0 Å². The molecule has 1 unspecified atom stereocenters. The number of hydrogen-bond acceptors (Lipinski definition) is 4. The maximum Gasteiger partial charge on any atom is 0.243 e. The molecule has 21 heavy (non-hydrogen) atoms. The number of nitrogens with one attached hydrogen (secondary N) is 1. The van der Waals surface area contributed by atoms with Crippen LogP contribution in [0.15, 0.2) is 26.0 Å². The second-order valence-corrected chi connectivity index (χ2v) is 8.42. The van der Waals surface area contributed by atoms with Crippen molar-refractivity contribution in [2.45, 2.75) is 31.2 Å². The van der Waals surface area contributed by atoms with Gasteiger partial charge in [-0.3, -0.25) is 0 Å². The Morgan fingerprint density at radius 1 is 1.38 bits per heavy atom. The van der Waals surface area contributed by atoms with Crippen molar-refractivity contribution < 1.29 is 8.42 Å². The number of nitrogens with two attached hydrogens (primary N) is 1. The van der Waals surface area contributed by atoms with Crippen molar-refractivity contribution in [2.24, 2.45) is 0 Å². The summed E-state index contributed by atoms with van der Waals surface area (Å²) < 4.78 is 28.5. The van der Waals surface area contributed by atoms with Crippen molar-refractivity contribution in [1.82, 2.24) is 9.62 Å². The van der Waals surface area contributed by atoms with E-state index in [-0.39, 0.29) is 10.6 Å². The molecule has 1 aromatic carbocycles. The Morgan fingerprint density at radius 2 is 2.00 bits per heavy atom. The lowest BCUT2D eigenvalue weighted by molar-refractivity contribution is 0.256. The molecule has 0 spiro atoms. The van der Waals surface area contributed by atoms with Gasteiger partial charge in [-0.15, -0.1) is 0 Å². The quantitative estimate of drug-likeness (QED) is 0.636. The van der Waals surface area contributed by atoms with Crippen LogP contribution in [0.3, 0.4) is 0 Å². The summed E-state index contributed by atoms with van der Waals surface area (Å²) in [6.07, 6.45) is 1.02. The highest BCUT2D eigenvalue weighted by molar-refractivity contribution is 9.11. The van der Waals surface area contributed by atoms with Crippen LogP contribution in [-0.4, -0.2) is 39.5 Å². The lowest BCUT2D eigenvalue weighted by atomic mass is 10.2. The number of anilines is 1. The normalized spacial score (nSPS) is 13.6. The summed E-state index contributed by atoms with van der Waals surface area (Å²) in [6.45, 7) is 5.19. The molecule has 1 rings (SSSR count). The summed E-state index contributed by atoms with van der Waals surface area (Å²) in [6, 6.07) is 3.65. The van der Waals surface area contributed by atoms with Crippen LogP contribution < -0.4 is 10.5 Å². The molecule has 0 aliphatic carbocycles. The average Bonchev–Trinajstić information content (AvgIpc) is 2.35. The van der Waals surface area contributed by atoms with Crippen LogP contribution >= 0.6 is 31.9 Å². The Morgan fingerprint density at radius 3 is 2.52 bits per heavy atom. The van der Waals surface area contributed by atoms with Crippen LogP contribution in [-0.2, 0) is 10.0 Å². The third-order valence-electron chi connectivity index (χ3n) is 3.41. The molecule has 0 radical (unpaired) electrons. The fraction of sp³-hybridized carbons (Fsp3) is 0.538. The molecule has 0 saturated heterocycles. The van der Waals surface area contributed by atoms with Gasteiger partial charge in [0, 0.05) is 28.1 Å². The second kappa shape index (κ2) is 7.92. The fourth-order valence-electron chi connectivity index (χ4n) is 1.82. The van der Waals surface area contributed by atoms with Crippen molar-refractivity contribution in [3.63, 3.8) is 0 Å². The minimum atomic E-state index is -3.64. The lowest BCUT2D eigenvalue weighted by Gasteiger charge is -2.23. The number of rotatable bonds is 7. The van der Waals surface area contributed by atoms with E-state index in [9.17, 15) is 8.42 Å². The van der Waals surface area contributed by atoms with Gasteiger partial charge in [-0.1, -0.05) is 22.9 Å². The highest BCUT2D eigenvalue weighted by Gasteiger charge is 2.21. The number of likely N-dealkylation sites (N-methyl/N-ethyl adjacent to an activating group) is 1. The van der Waals surface area contributed by atoms with Gasteiger partial charge >= 0.3 is 0 Å². The first-order valence-electron chi connectivity index (χ1n) is 6.63. The van der Waals surface area contributed by atoms with Gasteiger partial charge in [-0.25, -0.2) is 13.1 Å². The Bertz CT molecular complexity index is 570. The highest BCUT2D eigenvalue weighted by Crippen LogP contribution is 2.31. The Labute approximate surface area is 143 Å². The number of sulfonamides is 1. The predicted octanol–water partition coefficient (Wildman–Crippen LogP) is 2.80. The third kappa shape index (κ3) is 5.21. The van der Waals surface area contributed by atoms with E-state index in [1.54, 1.807) is 12.1 Å². The molecule has 120 valence electrons. The molecule has 3 N–H and O–H groups in total. The van der Waals surface area contributed by atoms with E-state index in [0.717, 1.165) is 10.9 Å². The summed E-state index contributed by atoms with van der Waals surface area (Å²) in [4.78, 5) is 2.19. The first kappa shape index (κ1) is 18.9. The van der Waals surface area contributed by atoms with E-state index in [0.29, 0.717) is 23.6 Å². The van der Waals surface area contributed by atoms with E-state index < -0.39 is 10.0 Å². The molecule has 0 aliphatic heterocycles. The molecule has 1 atom stereocenters. The highest BCUT2D eigenvalue weighted by atomic mass is 79.9. The minimum absolute atomic E-state index is 0.0805. The molecule has 0 fully saturated rings. The van der Waals surface area contributed by atoms with Crippen LogP contribution in [0.1, 0.15) is 20.3 Å². The molecule has 0 saturated carbocycles. The van der Waals surface area contributed by atoms with Crippen LogP contribution in [0.4, 0.5) is 5.69 Å². The predicted molar refractivity (Wildman–Crippen MR) is 93.8 cm³/mol. The molecule has 0 bridgehead atoms. The van der Waals surface area contributed by atoms with Gasteiger partial charge in [0.1, 0.15) is 4.90 Å². The van der Waals surface area contributed by atoms with E-state index in [4.69, 9.17) is 5.73 Å². The lowest BCUT2D eigenvalue weighted by Crippen LogP contribution is -2.37. The van der Waals surface area contributed by atoms with E-state index in [1.807, 2.05) is 7.05 Å². The smallest absolute Gasteiger partial charge is 0.243 e. The van der Waals surface area contributed by atoms with E-state index >= 15 is 0 Å². The summed E-state index contributed by atoms with van der Waals surface area (Å²) in [5, 5.41) is 0. The van der Waals surface area contributed by atoms with Gasteiger partial charge < -0.3 is 10.6 Å². The summed E-state index contributed by atoms with van der Waals surface area (Å²) in [7, 11) is -1.66. The monoisotopic (exact) mass is 441 g/mol. The first-order chi connectivity index (χ1) is 9.69. The molecule has 0 heterocycles. The summed E-state index contributed by atoms with van der Waals surface area (Å²) >= 11 is 6.53. The van der Waals surface area contributed by atoms with Crippen molar-refractivity contribution in [1.29, 1.82) is 0 Å². The number of nitrogen functional groups attached to an aromatic ring is 1. The molecule has 8 heteroatoms. The SMILES string of the molecule is CCC(C)N(C)CCNS(=O)(=O)c1c(N)cc(Br)cc1Br. The van der Waals surface area contributed by atoms with Gasteiger partial charge in [0.2, 0.25) is 10.0 Å². The summed E-state index contributed by atoms with van der Waals surface area (Å²) in [5.41, 5.74) is 6.03. The van der Waals surface area contributed by atoms with Gasteiger partial charge in [0.05, 0.1) is 5.69 Å². The molecule has 5 nitrogen and oxygen atoms in total. The molecular formula is C13H21Br2N3O2S. The number of benzene rings is 1. The molecule has 0 amide bonds. The number of halogens is 2. The van der Waals surface area contributed by atoms with Gasteiger partial charge in [0.25, 0.3) is 0 Å². The number of nitrogens with zero attached hydrogens (tertiary/aromatic N) is 1. The van der Waals surface area contributed by atoms with Crippen LogP contribution in [0.25, 0.3) is 0 Å². The Hall–Kier alpha value is -0.150. The molecular weight excluding hydrogens is 422 g/mol. The van der Waals surface area contributed by atoms with Crippen molar-refractivity contribution in [2.75, 3.05) is 25.9 Å². The van der Waals surface area contributed by atoms with Crippen LogP contribution in [0.5, 0.6) is 0 Å². The molecule has 0 aliphatic rings. The maximum absolute atomic E-state index is 12.4. The summed E-state index contributed by atoms with van der Waals surface area (Å²) in [5.74, 6) is 0. The Kier molecular flexibility index (Phi) is 7.12. The zero-order valence-electron chi connectivity index (χ0n) is 12.4. The molecule has 0 aromatic heterocycles. The second-order valence-electron chi connectivity index (χ2n) is 4.94. The molecule has 1 aromatic rings. The third-order valence-corrected chi connectivity index (χ3v) is 6.33. The topological polar surface area (TPSA) is 75.4 Å². The zero-order valence-corrected chi connectivity index (χ0v) is 16.3. The van der Waals surface area contributed by atoms with Crippen molar-refractivity contribution in [3.8, 4) is 0 Å². The van der Waals surface area contributed by atoms with Crippen molar-refractivity contribution in [3.05, 3.63) is 21.1 Å². The van der Waals surface area contributed by atoms with Gasteiger partial charge in [-0.05, 0) is 48.5 Å². The Balaban J connectivity index is 2.80. The standard InChI is InChI=1S/C13H21Br2N3O2S/c1-4-9(2)18(3)6-5-17-21(19,20)13-11(15)7-10(14)8-12(13)16/h7-9,17H,4-6,16H2,1-3H3. The largest absolute Gasteiger partial charge is 0.398 e. The van der Waals surface area contributed by atoms with Crippen molar-refractivity contribution >= 4 is 47.6 Å². The van der Waals surface area contributed by atoms with E-state index in [2.05, 4.69) is 55.3 Å². The number of hydrogen-bond donors (Lipinski definition) is 2. The average molecular weight is 443 g/mol. The minimum Gasteiger partial charge on any atom is -0.398 e. The zero-order chi connectivity index (χ0) is 16.2. The maximum atomic E-state index is 12.4.